The van der Waals surface area contributed by atoms with Crippen molar-refractivity contribution < 1.29 is 29.3 Å². The summed E-state index contributed by atoms with van der Waals surface area (Å²) < 4.78 is 14.0. The molecule has 0 amide bonds. The van der Waals surface area contributed by atoms with Gasteiger partial charge in [-0.15, -0.1) is 0 Å². The van der Waals surface area contributed by atoms with E-state index in [0.717, 1.165) is 42.6 Å². The third kappa shape index (κ3) is 6.07. The van der Waals surface area contributed by atoms with Gasteiger partial charge in [-0.05, 0) is 49.0 Å². The molecule has 0 saturated carbocycles. The summed E-state index contributed by atoms with van der Waals surface area (Å²) in [4.78, 5) is 20.5. The standard InChI is InChI=1S/C25H26FNO.C2H2O4/c26-24-14-8-7-9-20(24)19-27-17-15-23(16-18-27)25(28,21-10-3-1-4-11-21)22-12-5-2-6-13-22;3-1(4)2(5)6/h1-14,23,28H,15-19H2;(H,3,4)(H,5,6). The average Bonchev–Trinajstić information content (AvgIpc) is 2.87. The van der Waals surface area contributed by atoms with Crippen LogP contribution in [0.3, 0.4) is 0 Å². The van der Waals surface area contributed by atoms with Crippen LogP contribution in [0.1, 0.15) is 29.5 Å². The molecule has 1 heterocycles. The predicted octanol–water partition coefficient (Wildman–Crippen LogP) is 4.13. The number of benzene rings is 3. The van der Waals surface area contributed by atoms with Crippen LogP contribution in [0.25, 0.3) is 0 Å². The number of hydrogen-bond donors (Lipinski definition) is 3. The second kappa shape index (κ2) is 11.5. The molecule has 0 radical (unpaired) electrons. The van der Waals surface area contributed by atoms with Gasteiger partial charge in [-0.3, -0.25) is 4.90 Å². The monoisotopic (exact) mass is 465 g/mol. The molecule has 0 bridgehead atoms. The van der Waals surface area contributed by atoms with Crippen molar-refractivity contribution in [1.29, 1.82) is 0 Å². The van der Waals surface area contributed by atoms with Crippen LogP contribution >= 0.6 is 0 Å². The van der Waals surface area contributed by atoms with Crippen LogP contribution in [0.2, 0.25) is 0 Å². The van der Waals surface area contributed by atoms with Crippen LogP contribution < -0.4 is 0 Å². The van der Waals surface area contributed by atoms with Crippen molar-refractivity contribution in [2.45, 2.75) is 25.0 Å². The number of likely N-dealkylation sites (tertiary alicyclic amines) is 1. The van der Waals surface area contributed by atoms with E-state index in [1.807, 2.05) is 72.8 Å². The largest absolute Gasteiger partial charge is 0.473 e. The number of rotatable bonds is 5. The summed E-state index contributed by atoms with van der Waals surface area (Å²) in [6.07, 6.45) is 1.74. The fourth-order valence-electron chi connectivity index (χ4n) is 4.40. The molecular formula is C27H28FNO5. The van der Waals surface area contributed by atoms with E-state index in [2.05, 4.69) is 4.90 Å². The van der Waals surface area contributed by atoms with Gasteiger partial charge in [0.2, 0.25) is 0 Å². The van der Waals surface area contributed by atoms with Gasteiger partial charge >= 0.3 is 11.9 Å². The zero-order chi connectivity index (χ0) is 24.6. The minimum Gasteiger partial charge on any atom is -0.473 e. The molecular weight excluding hydrogens is 437 g/mol. The highest BCUT2D eigenvalue weighted by molar-refractivity contribution is 6.27. The SMILES string of the molecule is O=C(O)C(=O)O.OC(c1ccccc1)(c1ccccc1)C1CCN(Cc2ccccc2F)CC1. The lowest BCUT2D eigenvalue weighted by Gasteiger charge is -2.42. The molecule has 1 fully saturated rings. The van der Waals surface area contributed by atoms with Gasteiger partial charge in [-0.25, -0.2) is 14.0 Å². The molecule has 0 aliphatic carbocycles. The Hall–Kier alpha value is -3.55. The van der Waals surface area contributed by atoms with Crippen molar-refractivity contribution in [2.75, 3.05) is 13.1 Å². The van der Waals surface area contributed by atoms with Crippen LogP contribution in [0.5, 0.6) is 0 Å². The molecule has 7 heteroatoms. The van der Waals surface area contributed by atoms with Crippen molar-refractivity contribution in [3.63, 3.8) is 0 Å². The van der Waals surface area contributed by atoms with E-state index in [4.69, 9.17) is 19.8 Å². The summed E-state index contributed by atoms with van der Waals surface area (Å²) >= 11 is 0. The van der Waals surface area contributed by atoms with Crippen LogP contribution in [0.15, 0.2) is 84.9 Å². The van der Waals surface area contributed by atoms with Crippen molar-refractivity contribution >= 4 is 11.9 Å². The fourth-order valence-corrected chi connectivity index (χ4v) is 4.40. The van der Waals surface area contributed by atoms with Crippen LogP contribution in [-0.2, 0) is 21.7 Å². The summed E-state index contributed by atoms with van der Waals surface area (Å²) in [6.45, 7) is 2.32. The van der Waals surface area contributed by atoms with Gasteiger partial charge in [0.25, 0.3) is 0 Å². The van der Waals surface area contributed by atoms with E-state index < -0.39 is 17.5 Å². The van der Waals surface area contributed by atoms with Gasteiger partial charge in [0, 0.05) is 12.1 Å². The smallest absolute Gasteiger partial charge is 0.414 e. The summed E-state index contributed by atoms with van der Waals surface area (Å²) in [6, 6.07) is 26.9. The molecule has 1 saturated heterocycles. The number of piperidine rings is 1. The van der Waals surface area contributed by atoms with E-state index >= 15 is 0 Å². The number of nitrogens with zero attached hydrogens (tertiary/aromatic N) is 1. The number of aliphatic carboxylic acids is 2. The van der Waals surface area contributed by atoms with Gasteiger partial charge < -0.3 is 15.3 Å². The van der Waals surface area contributed by atoms with Gasteiger partial charge in [0.05, 0.1) is 0 Å². The maximum atomic E-state index is 14.0. The quantitative estimate of drug-likeness (QED) is 0.490. The zero-order valence-electron chi connectivity index (χ0n) is 18.7. The number of hydrogen-bond acceptors (Lipinski definition) is 4. The van der Waals surface area contributed by atoms with Crippen molar-refractivity contribution in [2.24, 2.45) is 5.92 Å². The Kier molecular flexibility index (Phi) is 8.51. The summed E-state index contributed by atoms with van der Waals surface area (Å²) in [5.74, 6) is -3.67. The van der Waals surface area contributed by atoms with E-state index in [-0.39, 0.29) is 11.7 Å². The molecule has 3 aromatic rings. The predicted molar refractivity (Wildman–Crippen MR) is 126 cm³/mol. The highest BCUT2D eigenvalue weighted by Crippen LogP contribution is 2.42. The Labute approximate surface area is 197 Å². The Morgan fingerprint density at radius 2 is 1.24 bits per heavy atom. The maximum absolute atomic E-state index is 14.0. The Morgan fingerprint density at radius 1 is 0.794 bits per heavy atom. The minimum absolute atomic E-state index is 0.120. The second-order valence-corrected chi connectivity index (χ2v) is 8.25. The van der Waals surface area contributed by atoms with Crippen LogP contribution in [0, 0.1) is 11.7 Å². The molecule has 178 valence electrons. The van der Waals surface area contributed by atoms with E-state index in [9.17, 15) is 9.50 Å². The van der Waals surface area contributed by atoms with E-state index in [1.54, 1.807) is 6.07 Å². The molecule has 34 heavy (non-hydrogen) atoms. The second-order valence-electron chi connectivity index (χ2n) is 8.25. The molecule has 0 unspecified atom stereocenters. The summed E-state index contributed by atoms with van der Waals surface area (Å²) in [5.41, 5.74) is 1.61. The number of carbonyl (C=O) groups is 2. The first-order valence-electron chi connectivity index (χ1n) is 11.1. The Bertz CT molecular complexity index is 1030. The highest BCUT2D eigenvalue weighted by atomic mass is 19.1. The first-order chi connectivity index (χ1) is 16.3. The number of aliphatic hydroxyl groups is 1. The van der Waals surface area contributed by atoms with Gasteiger partial charge in [-0.1, -0.05) is 78.9 Å². The average molecular weight is 466 g/mol. The Morgan fingerprint density at radius 3 is 1.68 bits per heavy atom. The van der Waals surface area contributed by atoms with E-state index in [1.165, 1.54) is 6.07 Å². The van der Waals surface area contributed by atoms with Crippen LogP contribution in [0.4, 0.5) is 4.39 Å². The molecule has 4 rings (SSSR count). The molecule has 1 aliphatic rings. The lowest BCUT2D eigenvalue weighted by Crippen LogP contribution is -2.44. The first kappa shape index (κ1) is 25.1. The number of carboxylic acid groups (broad SMARTS) is 2. The molecule has 1 aliphatic heterocycles. The van der Waals surface area contributed by atoms with E-state index in [0.29, 0.717) is 6.54 Å². The topological polar surface area (TPSA) is 98.1 Å². The van der Waals surface area contributed by atoms with Crippen molar-refractivity contribution in [3.05, 3.63) is 107 Å². The lowest BCUT2D eigenvalue weighted by molar-refractivity contribution is -0.159. The molecule has 0 aromatic heterocycles. The zero-order valence-corrected chi connectivity index (χ0v) is 18.7. The van der Waals surface area contributed by atoms with Crippen molar-refractivity contribution in [1.82, 2.24) is 4.90 Å². The summed E-state index contributed by atoms with van der Waals surface area (Å²) in [5, 5.41) is 26.7. The molecule has 0 atom stereocenters. The normalized spacial score (nSPS) is 14.6. The molecule has 3 N–H and O–H groups in total. The molecule has 3 aromatic carbocycles. The minimum atomic E-state index is -1.82. The Balaban J connectivity index is 0.000000481. The van der Waals surface area contributed by atoms with Gasteiger partial charge in [0.15, 0.2) is 0 Å². The van der Waals surface area contributed by atoms with Crippen LogP contribution in [-0.4, -0.2) is 45.2 Å². The summed E-state index contributed by atoms with van der Waals surface area (Å²) in [7, 11) is 0. The maximum Gasteiger partial charge on any atom is 0.414 e. The molecule has 0 spiro atoms. The van der Waals surface area contributed by atoms with Gasteiger partial charge in [0.1, 0.15) is 11.4 Å². The molecule has 6 nitrogen and oxygen atoms in total. The van der Waals surface area contributed by atoms with Gasteiger partial charge in [-0.2, -0.15) is 0 Å². The number of halogens is 1. The lowest BCUT2D eigenvalue weighted by atomic mass is 9.72. The first-order valence-corrected chi connectivity index (χ1v) is 11.1. The third-order valence-electron chi connectivity index (χ3n) is 6.14. The van der Waals surface area contributed by atoms with Crippen molar-refractivity contribution in [3.8, 4) is 0 Å². The fraction of sp³-hybridized carbons (Fsp3) is 0.259. The number of carboxylic acids is 2. The third-order valence-corrected chi connectivity index (χ3v) is 6.14. The highest BCUT2D eigenvalue weighted by Gasteiger charge is 2.41.